The first-order valence-electron chi connectivity index (χ1n) is 6.84. The van der Waals surface area contributed by atoms with Crippen molar-refractivity contribution in [3.63, 3.8) is 0 Å². The number of aromatic nitrogens is 2. The monoisotopic (exact) mass is 283 g/mol. The topological polar surface area (TPSA) is 96.9 Å². The van der Waals surface area contributed by atoms with Crippen LogP contribution in [0.1, 0.15) is 24.8 Å². The second kappa shape index (κ2) is 5.61. The molecule has 2 aromatic heterocycles. The molecule has 3 heterocycles. The predicted octanol–water partition coefficient (Wildman–Crippen LogP) is 0.398. The Morgan fingerprint density at radius 1 is 1.52 bits per heavy atom. The number of nitrogens with two attached hydrogens (primary N) is 1. The van der Waals surface area contributed by atoms with Crippen molar-refractivity contribution in [2.45, 2.75) is 19.9 Å². The molecule has 0 fully saturated rings. The van der Waals surface area contributed by atoms with Crippen LogP contribution in [0.4, 0.5) is 5.82 Å². The molecule has 0 aromatic carbocycles. The number of nitrogens with zero attached hydrogens (tertiary/aromatic N) is 1. The van der Waals surface area contributed by atoms with Crippen molar-refractivity contribution >= 4 is 24.1 Å². The summed E-state index contributed by atoms with van der Waals surface area (Å²) < 4.78 is 5.27. The van der Waals surface area contributed by atoms with Gasteiger partial charge in [0.15, 0.2) is 7.28 Å². The van der Waals surface area contributed by atoms with Crippen LogP contribution in [0.2, 0.25) is 0 Å². The maximum atomic E-state index is 11.7. The van der Waals surface area contributed by atoms with E-state index < -0.39 is 0 Å². The van der Waals surface area contributed by atoms with Crippen LogP contribution in [0.15, 0.2) is 33.1 Å². The summed E-state index contributed by atoms with van der Waals surface area (Å²) in [7, 11) is 2.03. The van der Waals surface area contributed by atoms with Crippen LogP contribution in [-0.4, -0.2) is 23.8 Å². The molecule has 1 aliphatic rings. The van der Waals surface area contributed by atoms with Gasteiger partial charge in [-0.3, -0.25) is 0 Å². The largest absolute Gasteiger partial charge is 0.467 e. The third-order valence-corrected chi connectivity index (χ3v) is 3.57. The molecule has 0 saturated carbocycles. The minimum atomic E-state index is -0.363. The molecule has 7 heteroatoms. The number of hydrogen-bond donors (Lipinski definition) is 3. The standard InChI is InChI=1S/C14H16BN4O2/c1-8-10(4-5-16)15-11-12(8)18-14(20)19-13(11)17-7-9-3-2-6-21-9/h2-3,6H,4-5,7,16H2,1H3,(H2,17,18,19,20). The van der Waals surface area contributed by atoms with E-state index in [1.807, 2.05) is 26.3 Å². The lowest BCUT2D eigenvalue weighted by molar-refractivity contribution is 0.518. The van der Waals surface area contributed by atoms with Crippen LogP contribution in [-0.2, 0) is 6.54 Å². The summed E-state index contributed by atoms with van der Waals surface area (Å²) in [5, 5.41) is 3.16. The van der Waals surface area contributed by atoms with Crippen molar-refractivity contribution in [3.05, 3.63) is 45.8 Å². The molecule has 0 aliphatic carbocycles. The van der Waals surface area contributed by atoms with E-state index in [2.05, 4.69) is 15.3 Å². The third kappa shape index (κ3) is 2.64. The summed E-state index contributed by atoms with van der Waals surface area (Å²) >= 11 is 0. The average molecular weight is 283 g/mol. The van der Waals surface area contributed by atoms with Crippen LogP contribution in [0.5, 0.6) is 0 Å². The molecule has 21 heavy (non-hydrogen) atoms. The minimum absolute atomic E-state index is 0.363. The molecule has 0 unspecified atom stereocenters. The molecule has 2 aromatic rings. The lowest BCUT2D eigenvalue weighted by Gasteiger charge is -2.09. The Morgan fingerprint density at radius 2 is 2.38 bits per heavy atom. The number of rotatable bonds is 5. The molecule has 3 rings (SSSR count). The number of nitrogens with one attached hydrogen (secondary N) is 2. The summed E-state index contributed by atoms with van der Waals surface area (Å²) in [5.74, 6) is 1.35. The highest BCUT2D eigenvalue weighted by molar-refractivity contribution is 6.67. The molecule has 0 bridgehead atoms. The fourth-order valence-corrected chi connectivity index (χ4v) is 2.50. The first kappa shape index (κ1) is 13.7. The smallest absolute Gasteiger partial charge is 0.347 e. The summed E-state index contributed by atoms with van der Waals surface area (Å²) in [6, 6.07) is 3.69. The first-order chi connectivity index (χ1) is 10.2. The van der Waals surface area contributed by atoms with Crippen molar-refractivity contribution < 1.29 is 4.42 Å². The lowest BCUT2D eigenvalue weighted by Crippen LogP contribution is -2.28. The molecular formula is C14H16BN4O2. The maximum Gasteiger partial charge on any atom is 0.347 e. The molecule has 0 atom stereocenters. The number of anilines is 1. The zero-order valence-electron chi connectivity index (χ0n) is 11.8. The molecular weight excluding hydrogens is 267 g/mol. The Balaban J connectivity index is 1.89. The Labute approximate surface area is 122 Å². The fraction of sp³-hybridized carbons (Fsp3) is 0.286. The van der Waals surface area contributed by atoms with E-state index in [9.17, 15) is 4.79 Å². The van der Waals surface area contributed by atoms with Crippen LogP contribution in [0.3, 0.4) is 0 Å². The number of hydrogen-bond acceptors (Lipinski definition) is 5. The summed E-state index contributed by atoms with van der Waals surface area (Å²) in [5.41, 5.74) is 9.18. The van der Waals surface area contributed by atoms with Crippen LogP contribution in [0.25, 0.3) is 5.57 Å². The predicted molar refractivity (Wildman–Crippen MR) is 82.5 cm³/mol. The second-order valence-electron chi connectivity index (χ2n) is 4.95. The van der Waals surface area contributed by atoms with Gasteiger partial charge in [-0.15, -0.1) is 0 Å². The van der Waals surface area contributed by atoms with Crippen LogP contribution >= 0.6 is 0 Å². The molecule has 4 N–H and O–H groups in total. The van der Waals surface area contributed by atoms with E-state index >= 15 is 0 Å². The second-order valence-corrected chi connectivity index (χ2v) is 4.95. The summed E-state index contributed by atoms with van der Waals surface area (Å²) in [6.07, 6.45) is 2.39. The normalized spacial score (nSPS) is 13.2. The molecule has 6 nitrogen and oxygen atoms in total. The quantitative estimate of drug-likeness (QED) is 0.690. The van der Waals surface area contributed by atoms with Gasteiger partial charge in [0.25, 0.3) is 0 Å². The van der Waals surface area contributed by atoms with Gasteiger partial charge in [-0.05, 0) is 43.1 Å². The number of allylic oxidation sites excluding steroid dienone is 1. The van der Waals surface area contributed by atoms with Crippen molar-refractivity contribution in [3.8, 4) is 0 Å². The summed E-state index contributed by atoms with van der Waals surface area (Å²) in [6.45, 7) is 3.04. The SMILES string of the molecule is CC1=C(CCN)[B]c2c(NCc3ccco3)nc(=O)[nH]c21. The van der Waals surface area contributed by atoms with Gasteiger partial charge >= 0.3 is 5.69 Å². The molecule has 1 radical (unpaired) electrons. The zero-order chi connectivity index (χ0) is 14.8. The van der Waals surface area contributed by atoms with Crippen molar-refractivity contribution in [2.75, 3.05) is 11.9 Å². The fourth-order valence-electron chi connectivity index (χ4n) is 2.50. The van der Waals surface area contributed by atoms with E-state index in [0.29, 0.717) is 18.9 Å². The van der Waals surface area contributed by atoms with Gasteiger partial charge in [0.05, 0.1) is 12.8 Å². The Kier molecular flexibility index (Phi) is 3.66. The van der Waals surface area contributed by atoms with Gasteiger partial charge in [0, 0.05) is 5.69 Å². The molecule has 107 valence electrons. The highest BCUT2D eigenvalue weighted by atomic mass is 16.3. The van der Waals surface area contributed by atoms with E-state index in [0.717, 1.165) is 34.4 Å². The lowest BCUT2D eigenvalue weighted by atomic mass is 9.65. The number of H-pyrrole nitrogens is 1. The van der Waals surface area contributed by atoms with Gasteiger partial charge in [-0.1, -0.05) is 5.47 Å². The van der Waals surface area contributed by atoms with Gasteiger partial charge in [-0.25, -0.2) is 4.79 Å². The molecule has 0 spiro atoms. The van der Waals surface area contributed by atoms with Crippen LogP contribution < -0.4 is 22.2 Å². The van der Waals surface area contributed by atoms with Gasteiger partial charge in [0.2, 0.25) is 0 Å². The average Bonchev–Trinajstić information content (AvgIpc) is 3.07. The van der Waals surface area contributed by atoms with E-state index in [-0.39, 0.29) is 5.69 Å². The Hall–Kier alpha value is -2.28. The van der Waals surface area contributed by atoms with Crippen LogP contribution in [0, 0.1) is 0 Å². The molecule has 0 amide bonds. The highest BCUT2D eigenvalue weighted by Crippen LogP contribution is 2.23. The number of furan rings is 1. The Morgan fingerprint density at radius 3 is 3.10 bits per heavy atom. The molecule has 0 saturated heterocycles. The van der Waals surface area contributed by atoms with Crippen molar-refractivity contribution in [1.82, 2.24) is 9.97 Å². The number of fused-ring (bicyclic) bond motifs is 1. The van der Waals surface area contributed by atoms with Gasteiger partial charge in [0.1, 0.15) is 11.6 Å². The summed E-state index contributed by atoms with van der Waals surface area (Å²) in [4.78, 5) is 18.5. The van der Waals surface area contributed by atoms with Gasteiger partial charge < -0.3 is 20.5 Å². The minimum Gasteiger partial charge on any atom is -0.467 e. The zero-order valence-corrected chi connectivity index (χ0v) is 11.8. The van der Waals surface area contributed by atoms with Gasteiger partial charge in [-0.2, -0.15) is 4.98 Å². The van der Waals surface area contributed by atoms with Crippen molar-refractivity contribution in [1.29, 1.82) is 0 Å². The van der Waals surface area contributed by atoms with Crippen molar-refractivity contribution in [2.24, 2.45) is 5.73 Å². The third-order valence-electron chi connectivity index (χ3n) is 3.57. The van der Waals surface area contributed by atoms with E-state index in [1.165, 1.54) is 0 Å². The Bertz CT molecular complexity index is 734. The maximum absolute atomic E-state index is 11.7. The van der Waals surface area contributed by atoms with E-state index in [1.54, 1.807) is 6.26 Å². The number of aromatic amines is 1. The van der Waals surface area contributed by atoms with E-state index in [4.69, 9.17) is 10.2 Å². The first-order valence-corrected chi connectivity index (χ1v) is 6.84. The highest BCUT2D eigenvalue weighted by Gasteiger charge is 2.24. The molecule has 1 aliphatic heterocycles.